The summed E-state index contributed by atoms with van der Waals surface area (Å²) >= 11 is 3.39. The van der Waals surface area contributed by atoms with Gasteiger partial charge in [-0.25, -0.2) is 0 Å². The van der Waals surface area contributed by atoms with Crippen LogP contribution in [0.25, 0.3) is 11.4 Å². The maximum absolute atomic E-state index is 11.8. The molecule has 3 rings (SSSR count). The Morgan fingerprint density at radius 1 is 1.35 bits per heavy atom. The standard InChI is InChI=1S/C16H18BrN3O3/c17-12-5-3-11(4-6-12)16-19-15(23-20-16)8-7-14(21)18-10-13-2-1-9-22-13/h3-6,13H,1-2,7-10H2,(H,18,21)/t13-/m0/s1. The smallest absolute Gasteiger partial charge is 0.227 e. The zero-order valence-corrected chi connectivity index (χ0v) is 14.2. The van der Waals surface area contributed by atoms with Crippen LogP contribution in [0.5, 0.6) is 0 Å². The van der Waals surface area contributed by atoms with Gasteiger partial charge in [-0.05, 0) is 37.1 Å². The van der Waals surface area contributed by atoms with Gasteiger partial charge in [-0.15, -0.1) is 0 Å². The van der Waals surface area contributed by atoms with Crippen molar-refractivity contribution in [3.05, 3.63) is 34.6 Å². The van der Waals surface area contributed by atoms with Gasteiger partial charge in [0.05, 0.1) is 6.10 Å². The Labute approximate surface area is 142 Å². The van der Waals surface area contributed by atoms with Crippen molar-refractivity contribution < 1.29 is 14.1 Å². The fourth-order valence-electron chi connectivity index (χ4n) is 2.41. The molecular formula is C16H18BrN3O3. The second-order valence-corrected chi connectivity index (χ2v) is 6.37. The van der Waals surface area contributed by atoms with Crippen molar-refractivity contribution >= 4 is 21.8 Å². The van der Waals surface area contributed by atoms with Crippen molar-refractivity contribution in [2.75, 3.05) is 13.2 Å². The highest BCUT2D eigenvalue weighted by molar-refractivity contribution is 9.10. The first-order valence-corrected chi connectivity index (χ1v) is 8.47. The molecule has 7 heteroatoms. The largest absolute Gasteiger partial charge is 0.376 e. The van der Waals surface area contributed by atoms with Crippen LogP contribution in [0.4, 0.5) is 0 Å². The minimum absolute atomic E-state index is 0.0242. The van der Waals surface area contributed by atoms with Crippen LogP contribution < -0.4 is 5.32 Å². The van der Waals surface area contributed by atoms with Gasteiger partial charge in [0, 0.05) is 36.0 Å². The Bertz CT molecular complexity index is 651. The lowest BCUT2D eigenvalue weighted by Gasteiger charge is -2.09. The van der Waals surface area contributed by atoms with Gasteiger partial charge in [-0.1, -0.05) is 21.1 Å². The number of nitrogens with zero attached hydrogens (tertiary/aromatic N) is 2. The zero-order chi connectivity index (χ0) is 16.1. The number of benzene rings is 1. The third-order valence-corrected chi connectivity index (χ3v) is 4.22. The molecule has 1 aliphatic heterocycles. The SMILES string of the molecule is O=C(CCc1nc(-c2ccc(Br)cc2)no1)NC[C@@H]1CCCO1. The molecule has 1 fully saturated rings. The summed E-state index contributed by atoms with van der Waals surface area (Å²) in [6.45, 7) is 1.37. The van der Waals surface area contributed by atoms with E-state index in [1.54, 1.807) is 0 Å². The summed E-state index contributed by atoms with van der Waals surface area (Å²) in [6, 6.07) is 7.66. The molecule has 0 bridgehead atoms. The third kappa shape index (κ3) is 4.62. The van der Waals surface area contributed by atoms with E-state index in [2.05, 4.69) is 31.4 Å². The predicted molar refractivity (Wildman–Crippen MR) is 87.7 cm³/mol. The molecule has 122 valence electrons. The van der Waals surface area contributed by atoms with E-state index in [0.29, 0.717) is 31.1 Å². The summed E-state index contributed by atoms with van der Waals surface area (Å²) in [4.78, 5) is 16.1. The maximum atomic E-state index is 11.8. The molecule has 1 N–H and O–H groups in total. The van der Waals surface area contributed by atoms with Gasteiger partial charge in [-0.3, -0.25) is 4.79 Å². The summed E-state index contributed by atoms with van der Waals surface area (Å²) in [5.74, 6) is 0.978. The van der Waals surface area contributed by atoms with Gasteiger partial charge < -0.3 is 14.6 Å². The molecule has 2 heterocycles. The van der Waals surface area contributed by atoms with Crippen molar-refractivity contribution in [1.82, 2.24) is 15.5 Å². The second kappa shape index (κ2) is 7.70. The molecule has 0 aliphatic carbocycles. The molecule has 2 aromatic rings. The van der Waals surface area contributed by atoms with Crippen LogP contribution in [0.15, 0.2) is 33.3 Å². The first-order chi connectivity index (χ1) is 11.2. The molecule has 1 saturated heterocycles. The average molecular weight is 380 g/mol. The van der Waals surface area contributed by atoms with Gasteiger partial charge >= 0.3 is 0 Å². The summed E-state index contributed by atoms with van der Waals surface area (Å²) < 4.78 is 11.7. The summed E-state index contributed by atoms with van der Waals surface area (Å²) in [6.07, 6.45) is 3.00. The molecular weight excluding hydrogens is 362 g/mol. The molecule has 0 unspecified atom stereocenters. The Balaban J connectivity index is 1.47. The molecule has 1 aromatic carbocycles. The van der Waals surface area contributed by atoms with Crippen molar-refractivity contribution in [1.29, 1.82) is 0 Å². The highest BCUT2D eigenvalue weighted by Crippen LogP contribution is 2.19. The van der Waals surface area contributed by atoms with Gasteiger partial charge in [0.1, 0.15) is 0 Å². The lowest BCUT2D eigenvalue weighted by Crippen LogP contribution is -2.31. The van der Waals surface area contributed by atoms with Crippen LogP contribution in [-0.4, -0.2) is 35.3 Å². The maximum Gasteiger partial charge on any atom is 0.227 e. The van der Waals surface area contributed by atoms with Gasteiger partial charge in [0.15, 0.2) is 0 Å². The number of halogens is 1. The number of amides is 1. The molecule has 1 atom stereocenters. The lowest BCUT2D eigenvalue weighted by atomic mass is 10.2. The summed E-state index contributed by atoms with van der Waals surface area (Å²) in [5.41, 5.74) is 0.881. The number of aryl methyl sites for hydroxylation is 1. The van der Waals surface area contributed by atoms with Crippen LogP contribution in [0.2, 0.25) is 0 Å². The minimum Gasteiger partial charge on any atom is -0.376 e. The molecule has 1 aromatic heterocycles. The highest BCUT2D eigenvalue weighted by Gasteiger charge is 2.16. The number of carbonyl (C=O) groups excluding carboxylic acids is 1. The van der Waals surface area contributed by atoms with Crippen LogP contribution in [0.1, 0.15) is 25.2 Å². The van der Waals surface area contributed by atoms with E-state index in [-0.39, 0.29) is 12.0 Å². The van der Waals surface area contributed by atoms with Gasteiger partial charge in [0.25, 0.3) is 0 Å². The first-order valence-electron chi connectivity index (χ1n) is 7.67. The molecule has 1 amide bonds. The summed E-state index contributed by atoms with van der Waals surface area (Å²) in [5, 5.41) is 6.83. The third-order valence-electron chi connectivity index (χ3n) is 3.69. The highest BCUT2D eigenvalue weighted by atomic mass is 79.9. The van der Waals surface area contributed by atoms with Crippen molar-refractivity contribution in [3.63, 3.8) is 0 Å². The average Bonchev–Trinajstić information content (AvgIpc) is 3.23. The van der Waals surface area contributed by atoms with E-state index in [1.165, 1.54) is 0 Å². The summed E-state index contributed by atoms with van der Waals surface area (Å²) in [7, 11) is 0. The fraction of sp³-hybridized carbons (Fsp3) is 0.438. The Hall–Kier alpha value is -1.73. The number of carbonyl (C=O) groups is 1. The lowest BCUT2D eigenvalue weighted by molar-refractivity contribution is -0.121. The van der Waals surface area contributed by atoms with Crippen LogP contribution in [-0.2, 0) is 16.0 Å². The molecule has 23 heavy (non-hydrogen) atoms. The van der Waals surface area contributed by atoms with E-state index in [1.807, 2.05) is 24.3 Å². The topological polar surface area (TPSA) is 77.2 Å². The number of nitrogens with one attached hydrogen (secondary N) is 1. The van der Waals surface area contributed by atoms with E-state index < -0.39 is 0 Å². The monoisotopic (exact) mass is 379 g/mol. The van der Waals surface area contributed by atoms with Crippen molar-refractivity contribution in [2.24, 2.45) is 0 Å². The zero-order valence-electron chi connectivity index (χ0n) is 12.6. The van der Waals surface area contributed by atoms with E-state index in [9.17, 15) is 4.79 Å². The minimum atomic E-state index is -0.0242. The quantitative estimate of drug-likeness (QED) is 0.834. The van der Waals surface area contributed by atoms with Gasteiger partial charge in [0.2, 0.25) is 17.6 Å². The Morgan fingerprint density at radius 2 is 2.17 bits per heavy atom. The van der Waals surface area contributed by atoms with Crippen LogP contribution >= 0.6 is 15.9 Å². The number of rotatable bonds is 6. The van der Waals surface area contributed by atoms with E-state index in [4.69, 9.17) is 9.26 Å². The van der Waals surface area contributed by atoms with Crippen LogP contribution in [0, 0.1) is 0 Å². The molecule has 6 nitrogen and oxygen atoms in total. The number of ether oxygens (including phenoxy) is 1. The van der Waals surface area contributed by atoms with E-state index >= 15 is 0 Å². The molecule has 0 saturated carbocycles. The number of aromatic nitrogens is 2. The van der Waals surface area contributed by atoms with Crippen molar-refractivity contribution in [3.8, 4) is 11.4 Å². The normalized spacial score (nSPS) is 17.3. The van der Waals surface area contributed by atoms with Gasteiger partial charge in [-0.2, -0.15) is 4.98 Å². The van der Waals surface area contributed by atoms with Crippen molar-refractivity contribution in [2.45, 2.75) is 31.8 Å². The predicted octanol–water partition coefficient (Wildman–Crippen LogP) is 2.73. The van der Waals surface area contributed by atoms with Crippen LogP contribution in [0.3, 0.4) is 0 Å². The fourth-order valence-corrected chi connectivity index (χ4v) is 2.68. The molecule has 0 radical (unpaired) electrons. The Kier molecular flexibility index (Phi) is 5.40. The van der Waals surface area contributed by atoms with E-state index in [0.717, 1.165) is 29.5 Å². The number of hydrogen-bond donors (Lipinski definition) is 1. The first kappa shape index (κ1) is 16.1. The second-order valence-electron chi connectivity index (χ2n) is 5.46. The number of hydrogen-bond acceptors (Lipinski definition) is 5. The molecule has 0 spiro atoms. The molecule has 1 aliphatic rings. The Morgan fingerprint density at radius 3 is 2.91 bits per heavy atom.